The number of nitrogens with one attached hydrogen (secondary N) is 1. The van der Waals surface area contributed by atoms with Gasteiger partial charge in [-0.2, -0.15) is 0 Å². The van der Waals surface area contributed by atoms with Gasteiger partial charge in [-0.3, -0.25) is 4.90 Å². The lowest BCUT2D eigenvalue weighted by Gasteiger charge is -2.43. The van der Waals surface area contributed by atoms with Crippen LogP contribution in [0.15, 0.2) is 24.3 Å². The van der Waals surface area contributed by atoms with Crippen molar-refractivity contribution in [3.8, 4) is 0 Å². The third kappa shape index (κ3) is 4.46. The summed E-state index contributed by atoms with van der Waals surface area (Å²) in [7, 11) is 0. The first-order valence-electron chi connectivity index (χ1n) is 8.76. The summed E-state index contributed by atoms with van der Waals surface area (Å²) in [4.78, 5) is 5.10. The predicted molar refractivity (Wildman–Crippen MR) is 94.9 cm³/mol. The van der Waals surface area contributed by atoms with Crippen LogP contribution in [-0.2, 0) is 0 Å². The first-order chi connectivity index (χ1) is 11.1. The van der Waals surface area contributed by atoms with Crippen LogP contribution in [0.2, 0.25) is 5.02 Å². The molecular weight excluding hydrogens is 310 g/mol. The van der Waals surface area contributed by atoms with Crippen molar-refractivity contribution in [3.63, 3.8) is 0 Å². The Morgan fingerprint density at radius 3 is 2.78 bits per heavy atom. The van der Waals surface area contributed by atoms with Crippen LogP contribution in [0.3, 0.4) is 0 Å². The fourth-order valence-corrected chi connectivity index (χ4v) is 3.98. The molecule has 2 aliphatic rings. The van der Waals surface area contributed by atoms with Crippen LogP contribution in [-0.4, -0.2) is 66.3 Å². The zero-order valence-electron chi connectivity index (χ0n) is 13.9. The Labute approximate surface area is 144 Å². The number of hydrogen-bond acceptors (Lipinski definition) is 4. The maximum atomic E-state index is 9.74. The fourth-order valence-electron chi connectivity index (χ4n) is 3.78. The topological polar surface area (TPSA) is 38.7 Å². The summed E-state index contributed by atoms with van der Waals surface area (Å²) < 4.78 is 0. The van der Waals surface area contributed by atoms with E-state index in [9.17, 15) is 5.11 Å². The first-order valence-corrected chi connectivity index (χ1v) is 9.13. The number of rotatable bonds is 4. The largest absolute Gasteiger partial charge is 0.393 e. The Morgan fingerprint density at radius 1 is 1.30 bits per heavy atom. The minimum atomic E-state index is -0.117. The van der Waals surface area contributed by atoms with E-state index < -0.39 is 0 Å². The van der Waals surface area contributed by atoms with Gasteiger partial charge in [0.15, 0.2) is 0 Å². The number of halogens is 1. The number of hydrogen-bond donors (Lipinski definition) is 2. The molecule has 2 unspecified atom stereocenters. The molecule has 2 saturated heterocycles. The molecule has 0 bridgehead atoms. The zero-order valence-corrected chi connectivity index (χ0v) is 14.7. The highest BCUT2D eigenvalue weighted by Crippen LogP contribution is 2.28. The number of piperidine rings is 1. The molecule has 23 heavy (non-hydrogen) atoms. The molecule has 0 aliphatic carbocycles. The van der Waals surface area contributed by atoms with Gasteiger partial charge < -0.3 is 15.3 Å². The van der Waals surface area contributed by atoms with Gasteiger partial charge in [-0.1, -0.05) is 23.7 Å². The quantitative estimate of drug-likeness (QED) is 0.883. The lowest BCUT2D eigenvalue weighted by molar-refractivity contribution is 0.0460. The minimum Gasteiger partial charge on any atom is -0.393 e. The molecule has 5 heteroatoms. The predicted octanol–water partition coefficient (Wildman–Crippen LogP) is 2.13. The Morgan fingerprint density at radius 2 is 2.09 bits per heavy atom. The Hall–Kier alpha value is -0.650. The molecule has 1 aromatic carbocycles. The molecule has 1 aromatic rings. The molecule has 4 nitrogen and oxygen atoms in total. The minimum absolute atomic E-state index is 0.117. The Bertz CT molecular complexity index is 505. The third-order valence-electron chi connectivity index (χ3n) is 5.17. The number of benzene rings is 1. The molecule has 3 rings (SSSR count). The van der Waals surface area contributed by atoms with Gasteiger partial charge in [0.25, 0.3) is 0 Å². The van der Waals surface area contributed by atoms with Crippen molar-refractivity contribution in [2.75, 3.05) is 39.3 Å². The maximum absolute atomic E-state index is 9.74. The number of nitrogens with zero attached hydrogens (tertiary/aromatic N) is 2. The van der Waals surface area contributed by atoms with Gasteiger partial charge in [-0.25, -0.2) is 0 Å². The summed E-state index contributed by atoms with van der Waals surface area (Å²) in [6.45, 7) is 8.42. The van der Waals surface area contributed by atoms with E-state index in [1.54, 1.807) is 0 Å². The summed E-state index contributed by atoms with van der Waals surface area (Å²) in [6, 6.07) is 9.19. The van der Waals surface area contributed by atoms with Crippen molar-refractivity contribution in [1.82, 2.24) is 15.1 Å². The number of aliphatic hydroxyl groups is 1. The zero-order chi connectivity index (χ0) is 16.2. The van der Waals surface area contributed by atoms with E-state index in [-0.39, 0.29) is 6.10 Å². The van der Waals surface area contributed by atoms with Crippen LogP contribution in [0.1, 0.15) is 31.4 Å². The number of likely N-dealkylation sites (tertiary alicyclic amines) is 1. The average Bonchev–Trinajstić information content (AvgIpc) is 2.55. The van der Waals surface area contributed by atoms with E-state index in [4.69, 9.17) is 11.6 Å². The maximum Gasteiger partial charge on any atom is 0.0564 e. The second-order valence-corrected chi connectivity index (χ2v) is 7.33. The number of aliphatic hydroxyl groups excluding tert-OH is 1. The summed E-state index contributed by atoms with van der Waals surface area (Å²) in [6.07, 6.45) is 1.66. The lowest BCUT2D eigenvalue weighted by atomic mass is 10.00. The molecule has 2 aliphatic heterocycles. The van der Waals surface area contributed by atoms with E-state index in [0.717, 1.165) is 57.1 Å². The standard InChI is InChI=1S/C18H28ClN3O/c1-14-12-20-7-10-22(14)18(15-3-2-4-16(19)11-15)13-21-8-5-17(23)6-9-21/h2-4,11,14,17-18,20,23H,5-10,12-13H2,1H3. The van der Waals surface area contributed by atoms with Gasteiger partial charge in [0.1, 0.15) is 0 Å². The highest BCUT2D eigenvalue weighted by atomic mass is 35.5. The van der Waals surface area contributed by atoms with Gasteiger partial charge in [0.2, 0.25) is 0 Å². The van der Waals surface area contributed by atoms with Gasteiger partial charge in [0, 0.05) is 56.4 Å². The monoisotopic (exact) mass is 337 g/mol. The van der Waals surface area contributed by atoms with Crippen molar-refractivity contribution in [3.05, 3.63) is 34.9 Å². The van der Waals surface area contributed by atoms with Crippen molar-refractivity contribution < 1.29 is 5.11 Å². The van der Waals surface area contributed by atoms with E-state index in [1.165, 1.54) is 5.56 Å². The fraction of sp³-hybridized carbons (Fsp3) is 0.667. The van der Waals surface area contributed by atoms with Crippen LogP contribution < -0.4 is 5.32 Å². The smallest absolute Gasteiger partial charge is 0.0564 e. The molecule has 0 amide bonds. The summed E-state index contributed by atoms with van der Waals surface area (Å²) >= 11 is 6.25. The SMILES string of the molecule is CC1CNCCN1C(CN1CCC(O)CC1)c1cccc(Cl)c1. The first kappa shape index (κ1) is 17.2. The third-order valence-corrected chi connectivity index (χ3v) is 5.41. The van der Waals surface area contributed by atoms with Gasteiger partial charge >= 0.3 is 0 Å². The van der Waals surface area contributed by atoms with E-state index in [2.05, 4.69) is 40.2 Å². The number of piperazine rings is 1. The summed E-state index contributed by atoms with van der Waals surface area (Å²) in [5.74, 6) is 0. The van der Waals surface area contributed by atoms with E-state index in [1.807, 2.05) is 6.07 Å². The molecule has 2 heterocycles. The summed E-state index contributed by atoms with van der Waals surface area (Å²) in [5, 5.41) is 14.0. The normalized spacial score (nSPS) is 26.3. The van der Waals surface area contributed by atoms with Crippen LogP contribution in [0.5, 0.6) is 0 Å². The van der Waals surface area contributed by atoms with Crippen molar-refractivity contribution in [2.24, 2.45) is 0 Å². The highest BCUT2D eigenvalue weighted by Gasteiger charge is 2.30. The summed E-state index contributed by atoms with van der Waals surface area (Å²) in [5.41, 5.74) is 1.30. The molecule has 128 valence electrons. The Balaban J connectivity index is 1.78. The molecule has 2 atom stereocenters. The van der Waals surface area contributed by atoms with Crippen LogP contribution in [0, 0.1) is 0 Å². The van der Waals surface area contributed by atoms with E-state index in [0.29, 0.717) is 12.1 Å². The van der Waals surface area contributed by atoms with Gasteiger partial charge in [0.05, 0.1) is 6.10 Å². The highest BCUT2D eigenvalue weighted by molar-refractivity contribution is 6.30. The molecule has 0 aromatic heterocycles. The molecule has 0 saturated carbocycles. The van der Waals surface area contributed by atoms with Gasteiger partial charge in [-0.05, 0) is 37.5 Å². The van der Waals surface area contributed by atoms with Gasteiger partial charge in [-0.15, -0.1) is 0 Å². The van der Waals surface area contributed by atoms with E-state index >= 15 is 0 Å². The van der Waals surface area contributed by atoms with Crippen molar-refractivity contribution in [2.45, 2.75) is 38.0 Å². The second kappa shape index (κ2) is 7.95. The second-order valence-electron chi connectivity index (χ2n) is 6.89. The Kier molecular flexibility index (Phi) is 5.94. The van der Waals surface area contributed by atoms with Crippen LogP contribution >= 0.6 is 11.6 Å². The lowest BCUT2D eigenvalue weighted by Crippen LogP contribution is -2.53. The van der Waals surface area contributed by atoms with Crippen LogP contribution in [0.25, 0.3) is 0 Å². The molecule has 2 N–H and O–H groups in total. The molecule has 0 radical (unpaired) electrons. The molecule has 2 fully saturated rings. The van der Waals surface area contributed by atoms with Crippen molar-refractivity contribution in [1.29, 1.82) is 0 Å². The van der Waals surface area contributed by atoms with Crippen molar-refractivity contribution >= 4 is 11.6 Å². The molecular formula is C18H28ClN3O. The molecule has 0 spiro atoms. The average molecular weight is 338 g/mol. The van der Waals surface area contributed by atoms with Crippen LogP contribution in [0.4, 0.5) is 0 Å².